The van der Waals surface area contributed by atoms with E-state index < -0.39 is 0 Å². The molecule has 1 aromatic carbocycles. The first-order valence-corrected chi connectivity index (χ1v) is 5.21. The van der Waals surface area contributed by atoms with Gasteiger partial charge in [-0.05, 0) is 31.5 Å². The summed E-state index contributed by atoms with van der Waals surface area (Å²) >= 11 is 0. The highest BCUT2D eigenvalue weighted by Gasteiger charge is 2.25. The van der Waals surface area contributed by atoms with Crippen LogP contribution in [0.1, 0.15) is 23.2 Å². The molecule has 2 rings (SSSR count). The lowest BCUT2D eigenvalue weighted by atomic mass is 10.0. The quantitative estimate of drug-likeness (QED) is 0.636. The van der Waals surface area contributed by atoms with Crippen molar-refractivity contribution in [2.24, 2.45) is 5.73 Å². The molecule has 1 heterocycles. The summed E-state index contributed by atoms with van der Waals surface area (Å²) in [5.41, 5.74) is 8.03. The smallest absolute Gasteiger partial charge is 0.259 e. The molecular formula is C11H15N3O. The molecule has 1 aliphatic rings. The van der Waals surface area contributed by atoms with E-state index in [0.29, 0.717) is 0 Å². The molecular weight excluding hydrogens is 190 g/mol. The Morgan fingerprint density at radius 2 is 2.20 bits per heavy atom. The van der Waals surface area contributed by atoms with Crippen LogP contribution in [0.5, 0.6) is 0 Å². The van der Waals surface area contributed by atoms with Gasteiger partial charge in [-0.3, -0.25) is 4.79 Å². The Hall–Kier alpha value is -1.55. The molecule has 0 aromatic heterocycles. The Kier molecular flexibility index (Phi) is 2.87. The standard InChI is InChI=1S/C11H15N3O/c12-6-1-2-7-13-8-4-3-5-9-10(8)11(15)14-9/h3-5,13H,1-2,6-7,12H2,(H,14,15). The lowest BCUT2D eigenvalue weighted by Gasteiger charge is -2.22. The second kappa shape index (κ2) is 4.31. The molecule has 4 nitrogen and oxygen atoms in total. The van der Waals surface area contributed by atoms with E-state index in [0.717, 1.165) is 42.9 Å². The first-order valence-electron chi connectivity index (χ1n) is 5.21. The second-order valence-corrected chi connectivity index (χ2v) is 3.60. The van der Waals surface area contributed by atoms with Crippen molar-refractivity contribution in [3.8, 4) is 0 Å². The van der Waals surface area contributed by atoms with E-state index in [4.69, 9.17) is 5.73 Å². The number of hydrogen-bond acceptors (Lipinski definition) is 3. The number of carbonyl (C=O) groups excluding carboxylic acids is 1. The van der Waals surface area contributed by atoms with Crippen molar-refractivity contribution in [1.82, 2.24) is 0 Å². The predicted molar refractivity (Wildman–Crippen MR) is 61.2 cm³/mol. The minimum absolute atomic E-state index is 0.00641. The van der Waals surface area contributed by atoms with Crippen molar-refractivity contribution in [2.45, 2.75) is 12.8 Å². The lowest BCUT2D eigenvalue weighted by Crippen LogP contribution is -2.26. The summed E-state index contributed by atoms with van der Waals surface area (Å²) in [5.74, 6) is 0.00641. The van der Waals surface area contributed by atoms with Gasteiger partial charge >= 0.3 is 0 Å². The molecule has 0 saturated heterocycles. The van der Waals surface area contributed by atoms with Crippen LogP contribution in [0.4, 0.5) is 11.4 Å². The van der Waals surface area contributed by atoms with Crippen LogP contribution in [-0.2, 0) is 0 Å². The summed E-state index contributed by atoms with van der Waals surface area (Å²) < 4.78 is 0. The summed E-state index contributed by atoms with van der Waals surface area (Å²) in [6.45, 7) is 1.58. The second-order valence-electron chi connectivity index (χ2n) is 3.60. The molecule has 0 spiro atoms. The van der Waals surface area contributed by atoms with Crippen molar-refractivity contribution >= 4 is 17.3 Å². The van der Waals surface area contributed by atoms with Crippen molar-refractivity contribution in [2.75, 3.05) is 23.7 Å². The third kappa shape index (κ3) is 1.94. The number of carbonyl (C=O) groups is 1. The van der Waals surface area contributed by atoms with Crippen molar-refractivity contribution in [3.05, 3.63) is 23.8 Å². The van der Waals surface area contributed by atoms with E-state index >= 15 is 0 Å². The number of amides is 1. The number of rotatable bonds is 5. The molecule has 0 fully saturated rings. The number of nitrogens with one attached hydrogen (secondary N) is 2. The number of fused-ring (bicyclic) bond motifs is 1. The molecule has 4 heteroatoms. The van der Waals surface area contributed by atoms with Crippen LogP contribution in [0.3, 0.4) is 0 Å². The lowest BCUT2D eigenvalue weighted by molar-refractivity contribution is 0.101. The zero-order valence-corrected chi connectivity index (χ0v) is 8.55. The van der Waals surface area contributed by atoms with E-state index in [-0.39, 0.29) is 5.91 Å². The Balaban J connectivity index is 1.97. The number of anilines is 2. The topological polar surface area (TPSA) is 67.1 Å². The van der Waals surface area contributed by atoms with Gasteiger partial charge in [-0.15, -0.1) is 0 Å². The highest BCUT2D eigenvalue weighted by Crippen LogP contribution is 2.31. The number of nitrogens with two attached hydrogens (primary N) is 1. The average molecular weight is 205 g/mol. The van der Waals surface area contributed by atoms with E-state index in [9.17, 15) is 4.79 Å². The van der Waals surface area contributed by atoms with Gasteiger partial charge < -0.3 is 16.4 Å². The molecule has 0 bridgehead atoms. The van der Waals surface area contributed by atoms with Gasteiger partial charge in [0.15, 0.2) is 0 Å². The molecule has 80 valence electrons. The maximum Gasteiger partial charge on any atom is 0.259 e. The average Bonchev–Trinajstić information content (AvgIpc) is 2.22. The fourth-order valence-electron chi connectivity index (χ4n) is 1.66. The van der Waals surface area contributed by atoms with Crippen LogP contribution < -0.4 is 16.4 Å². The van der Waals surface area contributed by atoms with Gasteiger partial charge in [0.05, 0.1) is 11.3 Å². The summed E-state index contributed by atoms with van der Waals surface area (Å²) in [7, 11) is 0. The summed E-state index contributed by atoms with van der Waals surface area (Å²) in [4.78, 5) is 11.3. The highest BCUT2D eigenvalue weighted by atomic mass is 16.2. The molecule has 0 radical (unpaired) electrons. The molecule has 1 aromatic rings. The van der Waals surface area contributed by atoms with Gasteiger partial charge in [-0.1, -0.05) is 6.07 Å². The monoisotopic (exact) mass is 205 g/mol. The third-order valence-corrected chi connectivity index (χ3v) is 2.49. The Bertz CT molecular complexity index is 376. The molecule has 0 aliphatic carbocycles. The number of benzene rings is 1. The van der Waals surface area contributed by atoms with Crippen molar-refractivity contribution in [1.29, 1.82) is 0 Å². The molecule has 0 unspecified atom stereocenters. The fourth-order valence-corrected chi connectivity index (χ4v) is 1.66. The maximum absolute atomic E-state index is 11.3. The molecule has 1 amide bonds. The van der Waals surface area contributed by atoms with Crippen LogP contribution in [0.2, 0.25) is 0 Å². The van der Waals surface area contributed by atoms with E-state index in [1.54, 1.807) is 0 Å². The third-order valence-electron chi connectivity index (χ3n) is 2.49. The zero-order chi connectivity index (χ0) is 10.7. The van der Waals surface area contributed by atoms with Crippen LogP contribution >= 0.6 is 0 Å². The minimum atomic E-state index is 0.00641. The first-order chi connectivity index (χ1) is 7.33. The van der Waals surface area contributed by atoms with Gasteiger partial charge in [-0.25, -0.2) is 0 Å². The summed E-state index contributed by atoms with van der Waals surface area (Å²) in [5, 5.41) is 5.98. The van der Waals surface area contributed by atoms with Gasteiger partial charge in [0.25, 0.3) is 5.91 Å². The zero-order valence-electron chi connectivity index (χ0n) is 8.55. The van der Waals surface area contributed by atoms with Crippen LogP contribution in [0, 0.1) is 0 Å². The normalized spacial score (nSPS) is 12.7. The molecule has 0 atom stereocenters. The highest BCUT2D eigenvalue weighted by molar-refractivity contribution is 6.21. The van der Waals surface area contributed by atoms with E-state index in [1.165, 1.54) is 0 Å². The SMILES string of the molecule is NCCCCNc1cccc2c1C(=O)N2. The van der Waals surface area contributed by atoms with Crippen LogP contribution in [0.15, 0.2) is 18.2 Å². The maximum atomic E-state index is 11.3. The Morgan fingerprint density at radius 1 is 1.33 bits per heavy atom. The number of hydrogen-bond donors (Lipinski definition) is 3. The van der Waals surface area contributed by atoms with E-state index in [2.05, 4.69) is 10.6 Å². The van der Waals surface area contributed by atoms with Gasteiger partial charge in [0.2, 0.25) is 0 Å². The van der Waals surface area contributed by atoms with Gasteiger partial charge in [-0.2, -0.15) is 0 Å². The molecule has 4 N–H and O–H groups in total. The van der Waals surface area contributed by atoms with E-state index in [1.807, 2.05) is 18.2 Å². The first kappa shape index (κ1) is 9.98. The Labute approximate surface area is 88.9 Å². The van der Waals surface area contributed by atoms with Crippen LogP contribution in [0.25, 0.3) is 0 Å². The fraction of sp³-hybridized carbons (Fsp3) is 0.364. The molecule has 15 heavy (non-hydrogen) atoms. The van der Waals surface area contributed by atoms with Crippen molar-refractivity contribution < 1.29 is 4.79 Å². The van der Waals surface area contributed by atoms with Gasteiger partial charge in [0, 0.05) is 12.2 Å². The molecule has 1 aliphatic heterocycles. The summed E-state index contributed by atoms with van der Waals surface area (Å²) in [6.07, 6.45) is 2.04. The summed E-state index contributed by atoms with van der Waals surface area (Å²) in [6, 6.07) is 5.77. The predicted octanol–water partition coefficient (Wildman–Crippen LogP) is 1.40. The number of unbranched alkanes of at least 4 members (excludes halogenated alkanes) is 1. The van der Waals surface area contributed by atoms with Crippen LogP contribution in [-0.4, -0.2) is 19.0 Å². The largest absolute Gasteiger partial charge is 0.384 e. The van der Waals surface area contributed by atoms with Crippen molar-refractivity contribution in [3.63, 3.8) is 0 Å². The minimum Gasteiger partial charge on any atom is -0.384 e. The molecule has 0 saturated carbocycles. The Morgan fingerprint density at radius 3 is 2.93 bits per heavy atom. The van der Waals surface area contributed by atoms with Gasteiger partial charge in [0.1, 0.15) is 0 Å².